The molecule has 2 amide bonds. The third kappa shape index (κ3) is 7.31. The highest BCUT2D eigenvalue weighted by atomic mass is 19.3. The number of alkyl halides is 3. The molecule has 2 aromatic carbocycles. The highest BCUT2D eigenvalue weighted by Crippen LogP contribution is 2.20. The molecule has 1 aliphatic rings. The van der Waals surface area contributed by atoms with Gasteiger partial charge in [-0.05, 0) is 49.7 Å². The van der Waals surface area contributed by atoms with Gasteiger partial charge in [0.05, 0.1) is 6.54 Å². The van der Waals surface area contributed by atoms with E-state index in [0.717, 1.165) is 31.6 Å². The summed E-state index contributed by atoms with van der Waals surface area (Å²) in [7, 11) is 1.99. The molecule has 0 bridgehead atoms. The number of likely N-dealkylation sites (tertiary alicyclic amines) is 1. The summed E-state index contributed by atoms with van der Waals surface area (Å²) in [5.41, 5.74) is 0.843. The van der Waals surface area contributed by atoms with Crippen molar-refractivity contribution in [3.8, 4) is 5.75 Å². The van der Waals surface area contributed by atoms with Crippen LogP contribution in [0.4, 0.5) is 26.7 Å². The Balaban J connectivity index is 1.62. The molecule has 0 radical (unpaired) electrons. The first kappa shape index (κ1) is 24.8. The van der Waals surface area contributed by atoms with Crippen molar-refractivity contribution in [2.45, 2.75) is 32.3 Å². The average Bonchev–Trinajstić information content (AvgIpc) is 3.18. The summed E-state index contributed by atoms with van der Waals surface area (Å²) in [6.45, 7) is 2.22. The van der Waals surface area contributed by atoms with Crippen LogP contribution in [0.5, 0.6) is 5.75 Å². The number of carbonyl (C=O) groups is 1. The summed E-state index contributed by atoms with van der Waals surface area (Å²) in [6.07, 6.45) is -5.06. The second-order valence-electron chi connectivity index (χ2n) is 8.14. The minimum Gasteiger partial charge on any atom is -0.454 e. The first-order valence-electron chi connectivity index (χ1n) is 10.5. The lowest BCUT2D eigenvalue weighted by molar-refractivity contribution is -0.0669. The number of ether oxygens (including phenoxy) is 1. The third-order valence-electron chi connectivity index (χ3n) is 5.44. The van der Waals surface area contributed by atoms with E-state index in [1.165, 1.54) is 35.2 Å². The van der Waals surface area contributed by atoms with Crippen LogP contribution < -0.4 is 10.1 Å². The Morgan fingerprint density at radius 2 is 1.91 bits per heavy atom. The molecule has 10 heteroatoms. The monoisotopic (exact) mass is 471 g/mol. The zero-order chi connectivity index (χ0) is 24.0. The number of amides is 2. The number of urea groups is 1. The average molecular weight is 471 g/mol. The normalized spacial score (nSPS) is 17.2. The van der Waals surface area contributed by atoms with Crippen LogP contribution in [0.3, 0.4) is 0 Å². The SMILES string of the molecule is CN1CCC(CN(Cc2ccc(F)cc2F)C(=O)NCc2ccc(OC(F)C(F)F)cc2)C1. The predicted molar refractivity (Wildman–Crippen MR) is 113 cm³/mol. The van der Waals surface area contributed by atoms with Crippen LogP contribution >= 0.6 is 0 Å². The molecule has 3 rings (SSSR count). The van der Waals surface area contributed by atoms with Crippen molar-refractivity contribution in [1.82, 2.24) is 15.1 Å². The first-order chi connectivity index (χ1) is 15.7. The molecule has 5 nitrogen and oxygen atoms in total. The Bertz CT molecular complexity index is 929. The van der Waals surface area contributed by atoms with Gasteiger partial charge in [-0.25, -0.2) is 22.4 Å². The van der Waals surface area contributed by atoms with Crippen molar-refractivity contribution < 1.29 is 31.5 Å². The van der Waals surface area contributed by atoms with Crippen LogP contribution in [0.25, 0.3) is 0 Å². The molecule has 33 heavy (non-hydrogen) atoms. The van der Waals surface area contributed by atoms with Gasteiger partial charge in [0.2, 0.25) is 0 Å². The number of hydrogen-bond donors (Lipinski definition) is 1. The second kappa shape index (κ2) is 11.3. The Morgan fingerprint density at radius 3 is 2.52 bits per heavy atom. The van der Waals surface area contributed by atoms with E-state index in [1.54, 1.807) is 0 Å². The van der Waals surface area contributed by atoms with E-state index in [0.29, 0.717) is 12.1 Å². The summed E-state index contributed by atoms with van der Waals surface area (Å²) in [4.78, 5) is 16.5. The van der Waals surface area contributed by atoms with Gasteiger partial charge >= 0.3 is 12.5 Å². The summed E-state index contributed by atoms with van der Waals surface area (Å²) in [5, 5.41) is 2.76. The van der Waals surface area contributed by atoms with E-state index in [2.05, 4.69) is 15.0 Å². The fourth-order valence-corrected chi connectivity index (χ4v) is 3.72. The number of halogens is 5. The maximum Gasteiger partial charge on any atom is 0.317 e. The minimum absolute atomic E-state index is 0.0174. The molecule has 1 saturated heterocycles. The van der Waals surface area contributed by atoms with Crippen LogP contribution in [-0.4, -0.2) is 55.3 Å². The quantitative estimate of drug-likeness (QED) is 0.545. The molecule has 1 aliphatic heterocycles. The zero-order valence-corrected chi connectivity index (χ0v) is 18.1. The van der Waals surface area contributed by atoms with Crippen molar-refractivity contribution in [2.24, 2.45) is 5.92 Å². The van der Waals surface area contributed by atoms with Gasteiger partial charge in [0.1, 0.15) is 17.4 Å². The van der Waals surface area contributed by atoms with E-state index in [4.69, 9.17) is 0 Å². The van der Waals surface area contributed by atoms with Crippen molar-refractivity contribution in [3.05, 3.63) is 65.2 Å². The van der Waals surface area contributed by atoms with Gasteiger partial charge in [-0.2, -0.15) is 4.39 Å². The summed E-state index contributed by atoms with van der Waals surface area (Å²) >= 11 is 0. The molecule has 0 saturated carbocycles. The van der Waals surface area contributed by atoms with Crippen molar-refractivity contribution in [2.75, 3.05) is 26.7 Å². The maximum absolute atomic E-state index is 14.2. The number of nitrogens with one attached hydrogen (secondary N) is 1. The topological polar surface area (TPSA) is 44.8 Å². The van der Waals surface area contributed by atoms with E-state index in [-0.39, 0.29) is 30.3 Å². The molecule has 2 aromatic rings. The van der Waals surface area contributed by atoms with Gasteiger partial charge in [0.15, 0.2) is 0 Å². The van der Waals surface area contributed by atoms with Gasteiger partial charge in [-0.15, -0.1) is 0 Å². The predicted octanol–water partition coefficient (Wildman–Crippen LogP) is 4.57. The van der Waals surface area contributed by atoms with Crippen molar-refractivity contribution >= 4 is 6.03 Å². The maximum atomic E-state index is 14.2. The zero-order valence-electron chi connectivity index (χ0n) is 18.1. The number of carbonyl (C=O) groups excluding carboxylic acids is 1. The first-order valence-corrected chi connectivity index (χ1v) is 10.5. The van der Waals surface area contributed by atoms with Crippen molar-refractivity contribution in [1.29, 1.82) is 0 Å². The highest BCUT2D eigenvalue weighted by Gasteiger charge is 2.25. The Labute approximate surface area is 189 Å². The van der Waals surface area contributed by atoms with Gasteiger partial charge < -0.3 is 19.9 Å². The van der Waals surface area contributed by atoms with Gasteiger partial charge in [-0.1, -0.05) is 18.2 Å². The second-order valence-corrected chi connectivity index (χ2v) is 8.14. The van der Waals surface area contributed by atoms with Crippen LogP contribution in [0.2, 0.25) is 0 Å². The number of rotatable bonds is 9. The molecular weight excluding hydrogens is 445 g/mol. The minimum atomic E-state index is -3.25. The molecule has 0 aliphatic carbocycles. The Hall–Kier alpha value is -2.88. The fourth-order valence-electron chi connectivity index (χ4n) is 3.72. The lowest BCUT2D eigenvalue weighted by Crippen LogP contribution is -2.42. The molecule has 1 fully saturated rings. The van der Waals surface area contributed by atoms with Crippen molar-refractivity contribution in [3.63, 3.8) is 0 Å². The van der Waals surface area contributed by atoms with Gasteiger partial charge in [-0.3, -0.25) is 0 Å². The van der Waals surface area contributed by atoms with Gasteiger partial charge in [0, 0.05) is 31.3 Å². The van der Waals surface area contributed by atoms with Crippen LogP contribution in [0.1, 0.15) is 17.5 Å². The number of benzene rings is 2. The molecule has 0 spiro atoms. The van der Waals surface area contributed by atoms with E-state index in [9.17, 15) is 26.7 Å². The molecule has 180 valence electrons. The van der Waals surface area contributed by atoms with Crippen LogP contribution in [-0.2, 0) is 13.1 Å². The summed E-state index contributed by atoms with van der Waals surface area (Å²) < 4.78 is 69.4. The van der Waals surface area contributed by atoms with E-state index >= 15 is 0 Å². The molecule has 2 atom stereocenters. The standard InChI is InChI=1S/C23H26F5N3O2/c1-30-9-8-16(12-30)13-31(14-17-4-5-18(24)10-20(17)25)23(32)29-11-15-2-6-19(7-3-15)33-22(28)21(26)27/h2-7,10,16,21-22H,8-9,11-14H2,1H3,(H,29,32). The lowest BCUT2D eigenvalue weighted by atomic mass is 10.1. The lowest BCUT2D eigenvalue weighted by Gasteiger charge is -2.26. The third-order valence-corrected chi connectivity index (χ3v) is 5.44. The Kier molecular flexibility index (Phi) is 8.49. The Morgan fingerprint density at radius 1 is 1.18 bits per heavy atom. The van der Waals surface area contributed by atoms with Crippen LogP contribution in [0.15, 0.2) is 42.5 Å². The molecular formula is C23H26F5N3O2. The summed E-state index contributed by atoms with van der Waals surface area (Å²) in [6, 6.07) is 8.53. The fraction of sp³-hybridized carbons (Fsp3) is 0.435. The van der Waals surface area contributed by atoms with E-state index in [1.807, 2.05) is 7.05 Å². The highest BCUT2D eigenvalue weighted by molar-refractivity contribution is 5.74. The molecule has 1 heterocycles. The number of hydrogen-bond acceptors (Lipinski definition) is 3. The molecule has 2 unspecified atom stereocenters. The smallest absolute Gasteiger partial charge is 0.317 e. The van der Waals surface area contributed by atoms with E-state index < -0.39 is 30.4 Å². The summed E-state index contributed by atoms with van der Waals surface area (Å²) in [5.74, 6) is -1.24. The van der Waals surface area contributed by atoms with Gasteiger partial charge in [0.25, 0.3) is 6.36 Å². The molecule has 1 N–H and O–H groups in total. The molecule has 0 aromatic heterocycles. The largest absolute Gasteiger partial charge is 0.454 e. The number of nitrogens with zero attached hydrogens (tertiary/aromatic N) is 2. The van der Waals surface area contributed by atoms with Crippen LogP contribution in [0, 0.1) is 17.6 Å².